The third-order valence-corrected chi connectivity index (χ3v) is 7.70. The van der Waals surface area contributed by atoms with Crippen molar-refractivity contribution in [2.45, 2.75) is 45.8 Å². The largest absolute Gasteiger partial charge is 0.489 e. The molecule has 6 rings (SSSR count). The van der Waals surface area contributed by atoms with Crippen molar-refractivity contribution in [2.24, 2.45) is 10.9 Å². The van der Waals surface area contributed by atoms with E-state index in [-0.39, 0.29) is 0 Å². The summed E-state index contributed by atoms with van der Waals surface area (Å²) >= 11 is 0. The van der Waals surface area contributed by atoms with Crippen LogP contribution in [0.3, 0.4) is 0 Å². The van der Waals surface area contributed by atoms with Crippen molar-refractivity contribution < 1.29 is 4.74 Å². The van der Waals surface area contributed by atoms with Crippen LogP contribution in [0.15, 0.2) is 102 Å². The van der Waals surface area contributed by atoms with E-state index in [1.54, 1.807) is 0 Å². The maximum Gasteiger partial charge on any atom is 0.119 e. The number of aliphatic imine (C=N–C) groups is 1. The van der Waals surface area contributed by atoms with Crippen molar-refractivity contribution in [3.8, 4) is 5.75 Å². The Morgan fingerprint density at radius 1 is 0.842 bits per heavy atom. The van der Waals surface area contributed by atoms with Gasteiger partial charge in [-0.2, -0.15) is 0 Å². The molecule has 0 saturated carbocycles. The monoisotopic (exact) mass is 498 g/mol. The number of allylic oxidation sites excluding steroid dienone is 2. The van der Waals surface area contributed by atoms with Crippen molar-refractivity contribution in [1.82, 2.24) is 0 Å². The molecular weight excluding hydrogens is 464 g/mol. The van der Waals surface area contributed by atoms with Gasteiger partial charge in [0.15, 0.2) is 0 Å². The average Bonchev–Trinajstić information content (AvgIpc) is 3.41. The van der Waals surface area contributed by atoms with Gasteiger partial charge in [0.1, 0.15) is 12.4 Å². The molecule has 0 amide bonds. The molecule has 1 aliphatic heterocycles. The Balaban J connectivity index is 1.10. The van der Waals surface area contributed by atoms with Crippen LogP contribution in [0.25, 0.3) is 0 Å². The Kier molecular flexibility index (Phi) is 6.59. The van der Waals surface area contributed by atoms with Crippen LogP contribution in [-0.4, -0.2) is 6.21 Å². The minimum absolute atomic E-state index is 0.305. The van der Waals surface area contributed by atoms with Crippen molar-refractivity contribution in [3.63, 3.8) is 0 Å². The summed E-state index contributed by atoms with van der Waals surface area (Å²) in [7, 11) is 0. The molecule has 38 heavy (non-hydrogen) atoms. The number of nitrogens with zero attached hydrogens (tertiary/aromatic N) is 1. The highest BCUT2D eigenvalue weighted by molar-refractivity contribution is 5.82. The van der Waals surface area contributed by atoms with Gasteiger partial charge >= 0.3 is 0 Å². The Bertz CT molecular complexity index is 1480. The van der Waals surface area contributed by atoms with E-state index in [0.29, 0.717) is 24.5 Å². The SMILES string of the molecule is Cc1cc(C)cc(COc2ccc(C=Nc3ccc([C@@H]4Nc5ccc(C)cc5[C@H]5C=CC[C@@H]54)cc3)cc2)c1. The zero-order valence-electron chi connectivity index (χ0n) is 22.3. The number of aryl methyl sites for hydroxylation is 3. The lowest BCUT2D eigenvalue weighted by Gasteiger charge is -2.37. The first-order chi connectivity index (χ1) is 18.5. The highest BCUT2D eigenvalue weighted by Gasteiger charge is 2.37. The van der Waals surface area contributed by atoms with E-state index in [4.69, 9.17) is 9.73 Å². The van der Waals surface area contributed by atoms with Crippen molar-refractivity contribution >= 4 is 17.6 Å². The first-order valence-corrected chi connectivity index (χ1v) is 13.5. The maximum atomic E-state index is 5.99. The van der Waals surface area contributed by atoms with Crippen LogP contribution in [-0.2, 0) is 6.61 Å². The quantitative estimate of drug-likeness (QED) is 0.213. The van der Waals surface area contributed by atoms with Crippen LogP contribution in [0.4, 0.5) is 11.4 Å². The Hall–Kier alpha value is -4.11. The first-order valence-electron chi connectivity index (χ1n) is 13.5. The lowest BCUT2D eigenvalue weighted by molar-refractivity contribution is 0.306. The van der Waals surface area contributed by atoms with Gasteiger partial charge in [-0.1, -0.05) is 71.3 Å². The molecule has 0 unspecified atom stereocenters. The molecule has 1 heterocycles. The third kappa shape index (κ3) is 5.15. The summed E-state index contributed by atoms with van der Waals surface area (Å²) in [6.45, 7) is 6.98. The van der Waals surface area contributed by atoms with E-state index < -0.39 is 0 Å². The molecule has 3 atom stereocenters. The zero-order valence-corrected chi connectivity index (χ0v) is 22.3. The van der Waals surface area contributed by atoms with Gasteiger partial charge in [0.2, 0.25) is 0 Å². The predicted octanol–water partition coefficient (Wildman–Crippen LogP) is 8.77. The molecule has 1 N–H and O–H groups in total. The average molecular weight is 499 g/mol. The van der Waals surface area contributed by atoms with Gasteiger partial charge in [-0.3, -0.25) is 4.99 Å². The standard InChI is InChI=1S/C35H34N2O/c1-23-7-16-34-33(20-23)31-5-4-6-32(31)35(37-34)28-10-12-29(13-11-28)36-21-26-8-14-30(15-9-26)38-22-27-18-24(2)17-25(3)19-27/h4-5,7-21,31-32,35,37H,6,22H2,1-3H3/t31-,32-,35-/m0/s1. The van der Waals surface area contributed by atoms with Crippen LogP contribution in [0.1, 0.15) is 57.3 Å². The molecule has 0 fully saturated rings. The minimum atomic E-state index is 0.305. The number of hydrogen-bond acceptors (Lipinski definition) is 3. The van der Waals surface area contributed by atoms with Crippen LogP contribution in [0.5, 0.6) is 5.75 Å². The maximum absolute atomic E-state index is 5.99. The van der Waals surface area contributed by atoms with E-state index in [2.05, 4.69) is 98.9 Å². The summed E-state index contributed by atoms with van der Waals surface area (Å²) in [5, 5.41) is 3.83. The molecule has 0 saturated heterocycles. The first kappa shape index (κ1) is 24.2. The molecule has 3 heteroatoms. The molecule has 0 bridgehead atoms. The van der Waals surface area contributed by atoms with E-state index in [0.717, 1.165) is 23.4 Å². The smallest absolute Gasteiger partial charge is 0.119 e. The summed E-state index contributed by atoms with van der Waals surface area (Å²) in [6.07, 6.45) is 7.77. The molecular formula is C35H34N2O. The van der Waals surface area contributed by atoms with Crippen LogP contribution in [0, 0.1) is 26.7 Å². The highest BCUT2D eigenvalue weighted by Crippen LogP contribution is 2.50. The number of hydrogen-bond donors (Lipinski definition) is 1. The van der Waals surface area contributed by atoms with Crippen LogP contribution >= 0.6 is 0 Å². The summed E-state index contributed by atoms with van der Waals surface area (Å²) in [4.78, 5) is 4.72. The lowest BCUT2D eigenvalue weighted by Crippen LogP contribution is -2.29. The second kappa shape index (κ2) is 10.3. The third-order valence-electron chi connectivity index (χ3n) is 7.70. The van der Waals surface area contributed by atoms with Gasteiger partial charge in [0.05, 0.1) is 11.7 Å². The van der Waals surface area contributed by atoms with Gasteiger partial charge in [-0.25, -0.2) is 0 Å². The van der Waals surface area contributed by atoms with E-state index in [1.165, 1.54) is 39.1 Å². The van der Waals surface area contributed by atoms with E-state index >= 15 is 0 Å². The van der Waals surface area contributed by atoms with E-state index in [1.807, 2.05) is 30.5 Å². The molecule has 2 aliphatic rings. The fraction of sp³-hybridized carbons (Fsp3) is 0.229. The van der Waals surface area contributed by atoms with Crippen molar-refractivity contribution in [1.29, 1.82) is 0 Å². The second-order valence-corrected chi connectivity index (χ2v) is 10.8. The Labute approximate surface area is 225 Å². The predicted molar refractivity (Wildman–Crippen MR) is 158 cm³/mol. The number of benzene rings is 4. The fourth-order valence-electron chi connectivity index (χ4n) is 5.93. The molecule has 1 aliphatic carbocycles. The second-order valence-electron chi connectivity index (χ2n) is 10.8. The number of nitrogens with one attached hydrogen (secondary N) is 1. The minimum Gasteiger partial charge on any atom is -0.489 e. The molecule has 4 aromatic carbocycles. The molecule has 3 nitrogen and oxygen atoms in total. The van der Waals surface area contributed by atoms with Crippen LogP contribution < -0.4 is 10.1 Å². The fourth-order valence-corrected chi connectivity index (χ4v) is 5.93. The molecule has 4 aromatic rings. The normalized spacial score (nSPS) is 19.7. The number of ether oxygens (including phenoxy) is 1. The number of anilines is 1. The molecule has 0 aromatic heterocycles. The van der Waals surface area contributed by atoms with Gasteiger partial charge in [0.25, 0.3) is 0 Å². The molecule has 190 valence electrons. The van der Waals surface area contributed by atoms with Crippen molar-refractivity contribution in [3.05, 3.63) is 136 Å². The van der Waals surface area contributed by atoms with Gasteiger partial charge < -0.3 is 10.1 Å². The summed E-state index contributed by atoms with van der Waals surface area (Å²) in [5.74, 6) is 1.90. The molecule has 0 spiro atoms. The van der Waals surface area contributed by atoms with Crippen LogP contribution in [0.2, 0.25) is 0 Å². The van der Waals surface area contributed by atoms with Gasteiger partial charge in [0, 0.05) is 17.8 Å². The summed E-state index contributed by atoms with van der Waals surface area (Å²) in [6, 6.07) is 30.4. The summed E-state index contributed by atoms with van der Waals surface area (Å²) in [5.41, 5.74) is 11.1. The van der Waals surface area contributed by atoms with Gasteiger partial charge in [-0.05, 0) is 97.8 Å². The summed E-state index contributed by atoms with van der Waals surface area (Å²) < 4.78 is 5.99. The lowest BCUT2D eigenvalue weighted by atomic mass is 9.76. The van der Waals surface area contributed by atoms with E-state index in [9.17, 15) is 0 Å². The number of fused-ring (bicyclic) bond motifs is 3. The number of rotatable bonds is 6. The zero-order chi connectivity index (χ0) is 26.1. The van der Waals surface area contributed by atoms with Gasteiger partial charge in [-0.15, -0.1) is 0 Å². The Morgan fingerprint density at radius 3 is 2.37 bits per heavy atom. The highest BCUT2D eigenvalue weighted by atomic mass is 16.5. The Morgan fingerprint density at radius 2 is 1.61 bits per heavy atom. The van der Waals surface area contributed by atoms with Crippen molar-refractivity contribution in [2.75, 3.05) is 5.32 Å². The molecule has 0 radical (unpaired) electrons. The topological polar surface area (TPSA) is 33.6 Å².